The predicted molar refractivity (Wildman–Crippen MR) is 99.0 cm³/mol. The van der Waals surface area contributed by atoms with Crippen molar-refractivity contribution >= 4 is 16.6 Å². The SMILES string of the molecule is Oc1c(C(Nc2ccccc2C(F)(F)F)c2ccco2)ccc2cccnc12. The lowest BCUT2D eigenvalue weighted by Gasteiger charge is -2.22. The molecule has 1 unspecified atom stereocenters. The van der Waals surface area contributed by atoms with E-state index < -0.39 is 17.8 Å². The number of rotatable bonds is 4. The highest BCUT2D eigenvalue weighted by Crippen LogP contribution is 2.40. The van der Waals surface area contributed by atoms with Gasteiger partial charge in [-0.05, 0) is 30.3 Å². The van der Waals surface area contributed by atoms with Crippen LogP contribution >= 0.6 is 0 Å². The Morgan fingerprint density at radius 3 is 2.54 bits per heavy atom. The number of fused-ring (bicyclic) bond motifs is 1. The van der Waals surface area contributed by atoms with Gasteiger partial charge in [0.25, 0.3) is 0 Å². The second-order valence-electron chi connectivity index (χ2n) is 6.21. The number of furan rings is 1. The molecular weight excluding hydrogens is 369 g/mol. The molecule has 0 fully saturated rings. The molecule has 2 heterocycles. The van der Waals surface area contributed by atoms with Crippen LogP contribution in [0, 0.1) is 0 Å². The maximum absolute atomic E-state index is 13.4. The van der Waals surface area contributed by atoms with E-state index in [2.05, 4.69) is 10.3 Å². The number of nitrogens with one attached hydrogen (secondary N) is 1. The molecule has 4 nitrogen and oxygen atoms in total. The molecular formula is C21H15F3N2O2. The molecule has 4 aromatic rings. The molecule has 2 N–H and O–H groups in total. The standard InChI is InChI=1S/C21H15F3N2O2/c22-21(23,24)15-6-1-2-7-16(15)26-19(17-8-4-12-28-17)14-10-9-13-5-3-11-25-18(13)20(14)27/h1-12,19,26-27H. The monoisotopic (exact) mass is 384 g/mol. The molecule has 0 aliphatic rings. The Morgan fingerprint density at radius 2 is 1.79 bits per heavy atom. The normalized spacial score (nSPS) is 12.8. The van der Waals surface area contributed by atoms with E-state index in [1.807, 2.05) is 0 Å². The van der Waals surface area contributed by atoms with E-state index in [0.717, 1.165) is 11.5 Å². The van der Waals surface area contributed by atoms with Crippen LogP contribution in [-0.2, 0) is 6.18 Å². The number of aromatic hydroxyl groups is 1. The van der Waals surface area contributed by atoms with Gasteiger partial charge in [0.15, 0.2) is 0 Å². The van der Waals surface area contributed by atoms with E-state index in [1.54, 1.807) is 42.6 Å². The summed E-state index contributed by atoms with van der Waals surface area (Å²) in [5, 5.41) is 14.4. The van der Waals surface area contributed by atoms with E-state index in [-0.39, 0.29) is 11.4 Å². The summed E-state index contributed by atoms with van der Waals surface area (Å²) in [5.41, 5.74) is -0.192. The molecule has 0 radical (unpaired) electrons. The topological polar surface area (TPSA) is 58.3 Å². The summed E-state index contributed by atoms with van der Waals surface area (Å²) < 4.78 is 45.7. The van der Waals surface area contributed by atoms with Gasteiger partial charge in [0.2, 0.25) is 0 Å². The van der Waals surface area contributed by atoms with Crippen LogP contribution in [-0.4, -0.2) is 10.1 Å². The predicted octanol–water partition coefficient (Wildman–Crippen LogP) is 5.75. The van der Waals surface area contributed by atoms with E-state index >= 15 is 0 Å². The van der Waals surface area contributed by atoms with Gasteiger partial charge in [-0.2, -0.15) is 13.2 Å². The molecule has 0 saturated carbocycles. The third kappa shape index (κ3) is 3.26. The van der Waals surface area contributed by atoms with Gasteiger partial charge in [-0.15, -0.1) is 0 Å². The van der Waals surface area contributed by atoms with E-state index in [1.165, 1.54) is 24.5 Å². The minimum atomic E-state index is -4.52. The van der Waals surface area contributed by atoms with Crippen LogP contribution in [0.4, 0.5) is 18.9 Å². The Hall–Kier alpha value is -3.48. The molecule has 0 aliphatic carbocycles. The average molecular weight is 384 g/mol. The second-order valence-corrected chi connectivity index (χ2v) is 6.21. The smallest absolute Gasteiger partial charge is 0.418 e. The van der Waals surface area contributed by atoms with Gasteiger partial charge in [-0.25, -0.2) is 0 Å². The van der Waals surface area contributed by atoms with Crippen molar-refractivity contribution in [1.29, 1.82) is 0 Å². The molecule has 0 aliphatic heterocycles. The van der Waals surface area contributed by atoms with Crippen LogP contribution in [0.15, 0.2) is 77.5 Å². The van der Waals surface area contributed by atoms with Gasteiger partial charge in [-0.3, -0.25) is 4.98 Å². The third-order valence-corrected chi connectivity index (χ3v) is 4.45. The number of hydrogen-bond donors (Lipinski definition) is 2. The number of nitrogens with zero attached hydrogens (tertiary/aromatic N) is 1. The Balaban J connectivity index is 1.84. The summed E-state index contributed by atoms with van der Waals surface area (Å²) in [5.74, 6) is 0.249. The van der Waals surface area contributed by atoms with E-state index in [0.29, 0.717) is 16.8 Å². The highest BCUT2D eigenvalue weighted by Gasteiger charge is 2.34. The molecule has 2 aromatic carbocycles. The third-order valence-electron chi connectivity index (χ3n) is 4.45. The second kappa shape index (κ2) is 6.92. The first-order valence-electron chi connectivity index (χ1n) is 8.48. The van der Waals surface area contributed by atoms with Gasteiger partial charge in [0.1, 0.15) is 23.1 Å². The van der Waals surface area contributed by atoms with Crippen molar-refractivity contribution in [2.45, 2.75) is 12.2 Å². The fraction of sp³-hybridized carbons (Fsp3) is 0.0952. The minimum absolute atomic E-state index is 0.114. The fourth-order valence-electron chi connectivity index (χ4n) is 3.15. The summed E-state index contributed by atoms with van der Waals surface area (Å²) in [7, 11) is 0. The zero-order valence-corrected chi connectivity index (χ0v) is 14.4. The zero-order valence-electron chi connectivity index (χ0n) is 14.4. The number of pyridine rings is 1. The van der Waals surface area contributed by atoms with Gasteiger partial charge in [-0.1, -0.05) is 30.3 Å². The average Bonchev–Trinajstić information content (AvgIpc) is 3.21. The quantitative estimate of drug-likeness (QED) is 0.470. The Morgan fingerprint density at radius 1 is 0.964 bits per heavy atom. The fourth-order valence-corrected chi connectivity index (χ4v) is 3.15. The number of hydrogen-bond acceptors (Lipinski definition) is 4. The first-order valence-corrected chi connectivity index (χ1v) is 8.48. The lowest BCUT2D eigenvalue weighted by molar-refractivity contribution is -0.137. The van der Waals surface area contributed by atoms with E-state index in [9.17, 15) is 18.3 Å². The summed E-state index contributed by atoms with van der Waals surface area (Å²) >= 11 is 0. The number of phenolic OH excluding ortho intramolecular Hbond substituents is 1. The van der Waals surface area contributed by atoms with Crippen LogP contribution in [0.5, 0.6) is 5.75 Å². The Kier molecular flexibility index (Phi) is 4.43. The van der Waals surface area contributed by atoms with Gasteiger partial charge >= 0.3 is 6.18 Å². The van der Waals surface area contributed by atoms with Crippen molar-refractivity contribution in [3.63, 3.8) is 0 Å². The molecule has 0 saturated heterocycles. The highest BCUT2D eigenvalue weighted by atomic mass is 19.4. The van der Waals surface area contributed by atoms with Crippen LogP contribution in [0.2, 0.25) is 0 Å². The molecule has 142 valence electrons. The molecule has 28 heavy (non-hydrogen) atoms. The molecule has 4 rings (SSSR count). The number of alkyl halides is 3. The molecule has 1 atom stereocenters. The zero-order chi connectivity index (χ0) is 19.7. The van der Waals surface area contributed by atoms with Crippen LogP contribution < -0.4 is 5.32 Å². The molecule has 0 bridgehead atoms. The summed E-state index contributed by atoms with van der Waals surface area (Å²) in [6.07, 6.45) is -1.56. The number of aromatic nitrogens is 1. The largest absolute Gasteiger partial charge is 0.505 e. The number of halogens is 3. The van der Waals surface area contributed by atoms with Crippen LogP contribution in [0.25, 0.3) is 10.9 Å². The van der Waals surface area contributed by atoms with Gasteiger partial charge in [0.05, 0.1) is 11.8 Å². The minimum Gasteiger partial charge on any atom is -0.505 e. The first kappa shape index (κ1) is 17.9. The highest BCUT2D eigenvalue weighted by molar-refractivity contribution is 5.86. The number of anilines is 1. The molecule has 0 spiro atoms. The lowest BCUT2D eigenvalue weighted by Crippen LogP contribution is -2.16. The van der Waals surface area contributed by atoms with Crippen molar-refractivity contribution in [2.24, 2.45) is 0 Å². The molecule has 0 amide bonds. The maximum Gasteiger partial charge on any atom is 0.418 e. The lowest BCUT2D eigenvalue weighted by atomic mass is 9.99. The van der Waals surface area contributed by atoms with Crippen molar-refractivity contribution in [1.82, 2.24) is 4.98 Å². The summed E-state index contributed by atoms with van der Waals surface area (Å²) in [6, 6.07) is 14.5. The van der Waals surface area contributed by atoms with Crippen molar-refractivity contribution in [3.05, 3.63) is 90.0 Å². The molecule has 2 aromatic heterocycles. The first-order chi connectivity index (χ1) is 13.4. The Bertz CT molecular complexity index is 1110. The summed E-state index contributed by atoms with van der Waals surface area (Å²) in [4.78, 5) is 4.18. The van der Waals surface area contributed by atoms with Crippen molar-refractivity contribution < 1.29 is 22.7 Å². The van der Waals surface area contributed by atoms with Crippen molar-refractivity contribution in [2.75, 3.05) is 5.32 Å². The van der Waals surface area contributed by atoms with Gasteiger partial charge < -0.3 is 14.8 Å². The van der Waals surface area contributed by atoms with Crippen LogP contribution in [0.1, 0.15) is 22.9 Å². The number of phenols is 1. The number of benzene rings is 2. The Labute approximate surface area is 158 Å². The van der Waals surface area contributed by atoms with Crippen LogP contribution in [0.3, 0.4) is 0 Å². The van der Waals surface area contributed by atoms with Crippen molar-refractivity contribution in [3.8, 4) is 5.75 Å². The molecule has 7 heteroatoms. The van der Waals surface area contributed by atoms with E-state index in [4.69, 9.17) is 4.42 Å². The maximum atomic E-state index is 13.4. The van der Waals surface area contributed by atoms with Gasteiger partial charge in [0, 0.05) is 22.8 Å². The number of para-hydroxylation sites is 1. The summed E-state index contributed by atoms with van der Waals surface area (Å²) in [6.45, 7) is 0.